The summed E-state index contributed by atoms with van der Waals surface area (Å²) in [6, 6.07) is -23.8. The zero-order valence-electron chi connectivity index (χ0n) is 79.8. The van der Waals surface area contributed by atoms with E-state index < -0.39 is 310 Å². The molecule has 29 N–H and O–H groups in total. The molecule has 0 aliphatic carbocycles. The van der Waals surface area contributed by atoms with Gasteiger partial charge in [0.1, 0.15) is 90.6 Å². The first kappa shape index (κ1) is 120. The third-order valence-corrected chi connectivity index (χ3v) is 21.8. The molecule has 0 bridgehead atoms. The van der Waals surface area contributed by atoms with Crippen LogP contribution < -0.4 is 107 Å². The number of carboxylic acids is 4. The maximum Gasteiger partial charge on any atom is 0.326 e. The van der Waals surface area contributed by atoms with Crippen LogP contribution in [0, 0.1) is 35.5 Å². The summed E-state index contributed by atoms with van der Waals surface area (Å²) in [6.45, 7) is 17.2. The van der Waals surface area contributed by atoms with Gasteiger partial charge in [0.25, 0.3) is 0 Å². The molecule has 770 valence electrons. The van der Waals surface area contributed by atoms with Crippen molar-refractivity contribution in [3.8, 4) is 0 Å². The molecule has 0 aromatic rings. The largest absolute Gasteiger partial charge is 0.481 e. The van der Waals surface area contributed by atoms with Crippen molar-refractivity contribution in [1.29, 1.82) is 0 Å². The average molecular weight is 1940 g/mol. The molecule has 0 aromatic carbocycles. The Morgan fingerprint density at radius 1 is 0.346 bits per heavy atom. The number of carboxylic acid groups (broad SMARTS) is 4. The Morgan fingerprint density at radius 2 is 0.706 bits per heavy atom. The molecule has 17 atom stereocenters. The van der Waals surface area contributed by atoms with Crippen LogP contribution in [-0.2, 0) is 105 Å². The summed E-state index contributed by atoms with van der Waals surface area (Å²) in [5.74, 6) is -26.3. The molecule has 18 amide bonds. The van der Waals surface area contributed by atoms with Crippen molar-refractivity contribution in [1.82, 2.24) is 101 Å². The molecule has 2 fully saturated rings. The van der Waals surface area contributed by atoms with Gasteiger partial charge in [0.05, 0.1) is 51.4 Å². The predicted octanol–water partition coefficient (Wildman–Crippen LogP) is -7.73. The first-order valence-electron chi connectivity index (χ1n) is 46.1. The first-order valence-corrected chi connectivity index (χ1v) is 46.1. The number of aliphatic hydroxyl groups is 3. The number of nitrogens with two attached hydrogens (primary N) is 2. The summed E-state index contributed by atoms with van der Waals surface area (Å²) in [7, 11) is 0. The minimum absolute atomic E-state index is 0.0215. The van der Waals surface area contributed by atoms with Crippen LogP contribution in [-0.4, -0.2) is 333 Å². The molecule has 0 radical (unpaired) electrons. The summed E-state index contributed by atoms with van der Waals surface area (Å²) >= 11 is 0. The van der Waals surface area contributed by atoms with Gasteiger partial charge in [0.15, 0.2) is 0 Å². The Bertz CT molecular complexity index is 4050. The Morgan fingerprint density at radius 3 is 1.15 bits per heavy atom. The van der Waals surface area contributed by atoms with Crippen LogP contribution in [0.1, 0.15) is 212 Å². The van der Waals surface area contributed by atoms with Gasteiger partial charge >= 0.3 is 23.9 Å². The fourth-order valence-electron chi connectivity index (χ4n) is 14.5. The van der Waals surface area contributed by atoms with Crippen molar-refractivity contribution in [2.75, 3.05) is 59.0 Å². The number of aliphatic hydroxyl groups excluding tert-OH is 3. The number of rotatable bonds is 65. The van der Waals surface area contributed by atoms with Crippen molar-refractivity contribution < 1.29 is 141 Å². The zero-order valence-corrected chi connectivity index (χ0v) is 79.8. The maximum atomic E-state index is 14.4. The Hall–Kier alpha value is -11.9. The fraction of sp³-hybridized carbons (Fsp3) is 0.744. The number of carbonyl (C=O) groups excluding carboxylic acids is 18. The van der Waals surface area contributed by atoms with Crippen LogP contribution >= 0.6 is 0 Å². The molecule has 2 aliphatic rings. The third kappa shape index (κ3) is 44.7. The minimum atomic E-state index is -1.94. The molecule has 0 spiro atoms. The summed E-state index contributed by atoms with van der Waals surface area (Å²) < 4.78 is 0. The van der Waals surface area contributed by atoms with E-state index in [0.717, 1.165) is 18.2 Å². The lowest BCUT2D eigenvalue weighted by Gasteiger charge is -2.31. The van der Waals surface area contributed by atoms with E-state index in [2.05, 4.69) is 90.4 Å². The molecule has 0 aromatic heterocycles. The van der Waals surface area contributed by atoms with E-state index in [1.54, 1.807) is 41.5 Å². The number of hydrogen-bond donors (Lipinski definition) is 27. The summed E-state index contributed by atoms with van der Waals surface area (Å²) in [5, 5.41) is 114. The highest BCUT2D eigenvalue weighted by atomic mass is 16.4. The number of unbranched alkanes of at least 4 members (excludes halogenated alkanes) is 2. The average Bonchev–Trinajstić information content (AvgIpc) is 1.24. The Balaban J connectivity index is 2.26. The summed E-state index contributed by atoms with van der Waals surface area (Å²) in [6.07, 6.45) is -2.34. The second-order valence-electron chi connectivity index (χ2n) is 36.3. The van der Waals surface area contributed by atoms with E-state index in [0.29, 0.717) is 32.2 Å². The molecule has 2 heterocycles. The highest BCUT2D eigenvalue weighted by Gasteiger charge is 2.43. The topological polar surface area (TPSA) is 789 Å². The van der Waals surface area contributed by atoms with Crippen molar-refractivity contribution in [2.24, 2.45) is 47.0 Å². The predicted molar refractivity (Wildman–Crippen MR) is 485 cm³/mol. The molecule has 50 heteroatoms. The van der Waals surface area contributed by atoms with Crippen molar-refractivity contribution in [3.63, 3.8) is 0 Å². The first-order chi connectivity index (χ1) is 63.8. The molecule has 2 saturated heterocycles. The van der Waals surface area contributed by atoms with Gasteiger partial charge in [-0.25, -0.2) is 4.79 Å². The van der Waals surface area contributed by atoms with Gasteiger partial charge in [0.2, 0.25) is 106 Å². The molecule has 0 unspecified atom stereocenters. The number of nitrogens with zero attached hydrogens (tertiary/aromatic N) is 1. The van der Waals surface area contributed by atoms with Gasteiger partial charge < -0.3 is 148 Å². The van der Waals surface area contributed by atoms with E-state index in [-0.39, 0.29) is 101 Å². The summed E-state index contributed by atoms with van der Waals surface area (Å²) in [4.78, 5) is 296. The van der Waals surface area contributed by atoms with Crippen LogP contribution in [0.4, 0.5) is 0 Å². The lowest BCUT2D eigenvalue weighted by molar-refractivity contribution is -0.144. The number of likely N-dealkylation sites (tertiary alicyclic amines) is 1. The van der Waals surface area contributed by atoms with E-state index in [1.807, 2.05) is 19.2 Å². The SMILES string of the molecule is CC(C)C[C@H](NC(=O)[C@H](CCCCN)NC(=O)[C@H](CO)NC(=O)[C@H](CCCCN)NC(=O)[C@H](CC(C)C)NC(=O)[C@@H]1CCCN1)C(=O)NCC(=O)N[C@@H](CC(=O)O)C(=O)N[C@@H](CC(C)C)C(=O)N[C@H](C(=O)N[C@H](C(=O)N[C@H](C(=O)N[C@@H](CO)C(=O)N[C@@H](CC(C)C)C(=O)N1CCC[C@H]1C(=O)NCC(=O)NCC(=O)N[C@@H](CCC(=O)O)C(=O)N[C@@H](CCC(=O)O)C(=O)O)C(C)C)[C@@H](C)O)C(C)C. The van der Waals surface area contributed by atoms with E-state index >= 15 is 0 Å². The van der Waals surface area contributed by atoms with Crippen LogP contribution in [0.5, 0.6) is 0 Å². The number of hydrogen-bond acceptors (Lipinski definition) is 28. The maximum absolute atomic E-state index is 14.4. The number of carbonyl (C=O) groups is 22. The Labute approximate surface area is 789 Å². The third-order valence-electron chi connectivity index (χ3n) is 21.8. The minimum Gasteiger partial charge on any atom is -0.481 e. The number of amides is 18. The number of aliphatic carboxylic acids is 4. The van der Waals surface area contributed by atoms with Gasteiger partial charge in [-0.05, 0) is 165 Å². The highest BCUT2D eigenvalue weighted by Crippen LogP contribution is 2.22. The van der Waals surface area contributed by atoms with Crippen LogP contribution in [0.15, 0.2) is 0 Å². The van der Waals surface area contributed by atoms with Gasteiger partial charge in [-0.15, -0.1) is 0 Å². The quantitative estimate of drug-likeness (QED) is 0.0252. The van der Waals surface area contributed by atoms with Gasteiger partial charge in [-0.2, -0.15) is 0 Å². The molecule has 136 heavy (non-hydrogen) atoms. The van der Waals surface area contributed by atoms with Gasteiger partial charge in [-0.1, -0.05) is 83.1 Å². The van der Waals surface area contributed by atoms with E-state index in [9.17, 15) is 136 Å². The highest BCUT2D eigenvalue weighted by molar-refractivity contribution is 6.02. The molecular formula is C86H147N21O29. The van der Waals surface area contributed by atoms with Crippen molar-refractivity contribution in [3.05, 3.63) is 0 Å². The fourth-order valence-corrected chi connectivity index (χ4v) is 14.5. The monoisotopic (exact) mass is 1940 g/mol. The lowest BCUT2D eigenvalue weighted by atomic mass is 9.98. The smallest absolute Gasteiger partial charge is 0.326 e. The molecule has 50 nitrogen and oxygen atoms in total. The van der Waals surface area contributed by atoms with E-state index in [1.165, 1.54) is 27.7 Å². The number of nitrogens with one attached hydrogen (secondary N) is 18. The zero-order chi connectivity index (χ0) is 103. The summed E-state index contributed by atoms with van der Waals surface area (Å²) in [5.41, 5.74) is 11.5. The second kappa shape index (κ2) is 62.0. The van der Waals surface area contributed by atoms with Crippen molar-refractivity contribution in [2.45, 2.75) is 315 Å². The van der Waals surface area contributed by atoms with Crippen LogP contribution in [0.25, 0.3) is 0 Å². The molecule has 2 aliphatic heterocycles. The Kier molecular flexibility index (Phi) is 54.7. The van der Waals surface area contributed by atoms with E-state index in [4.69, 9.17) is 16.6 Å². The van der Waals surface area contributed by atoms with Gasteiger partial charge in [0, 0.05) is 19.4 Å². The molecular weight excluding hydrogens is 1790 g/mol. The standard InChI is InChI=1S/C86H147N21O29/c1-42(2)32-54(98-73(122)50(20-14-16-28-87)96-79(128)59(40-108)102-74(123)51(21-15-17-29-88)95-76(125)55(33-43(3)4)99-72(121)49-22-18-30-89-49)71(120)91-39-64(113)94-57(36-67(118)119)77(126)100-56(34-44(5)6)78(127)104-69(47(11)12)83(132)106-70(48(13)110)84(133)105-68(46(9)10)82(131)103-60(41-109)80(129)101-58(35-45(7)8)85(134)107-31-19-23-61(107)81(130)92-37-62(111)90-38-63(112)93-52(24-26-65(114)115)75(124)97-53(86(135)136)25-27-66(116)117/h42-61,68-70,89,108-110H,14-41,87-88H2,1-13H3,(H,90,111)(H,91,120)(H,92,130)(H,93,112)(H,94,113)(H,95,125)(H,96,128)(H,97,124)(H,98,122)(H,99,121)(H,100,126)(H,101,129)(H,102,123)(H,103,131)(H,104,127)(H,105,133)(H,106,132)(H,114,115)(H,116,117)(H,118,119)(H,135,136)/t48-,49+,50+,51+,52+,53+,54+,55+,56+,57+,58+,59+,60+,61+,68+,69+,70+/m1/s1. The van der Waals surface area contributed by atoms with Crippen LogP contribution in [0.3, 0.4) is 0 Å². The lowest BCUT2D eigenvalue weighted by Crippen LogP contribution is -2.63. The molecule has 2 rings (SSSR count). The van der Waals surface area contributed by atoms with Crippen molar-refractivity contribution >= 4 is 130 Å². The molecule has 0 saturated carbocycles. The van der Waals surface area contributed by atoms with Gasteiger partial charge in [-0.3, -0.25) is 101 Å². The van der Waals surface area contributed by atoms with Crippen LogP contribution in [0.2, 0.25) is 0 Å². The normalized spacial score (nSPS) is 16.9. The second-order valence-corrected chi connectivity index (χ2v) is 36.3.